The highest BCUT2D eigenvalue weighted by Gasteiger charge is 2.58. The first-order valence-corrected chi connectivity index (χ1v) is 13.6. The molecular weight excluding hydrogens is 472 g/mol. The molecule has 0 spiro atoms. The zero-order chi connectivity index (χ0) is 25.9. The number of fused-ring (bicyclic) bond motifs is 1. The first kappa shape index (κ1) is 23.2. The Labute approximate surface area is 222 Å². The minimum atomic E-state index is -0.191. The molecule has 0 aliphatic heterocycles. The molecule has 3 N–H and O–H groups in total. The van der Waals surface area contributed by atoms with Crippen LogP contribution in [0.2, 0.25) is 0 Å². The van der Waals surface area contributed by atoms with Crippen molar-refractivity contribution in [1.82, 2.24) is 9.97 Å². The molecule has 2 atom stereocenters. The number of amides is 2. The maximum absolute atomic E-state index is 13.5. The summed E-state index contributed by atoms with van der Waals surface area (Å²) in [6.45, 7) is 2.40. The van der Waals surface area contributed by atoms with Crippen molar-refractivity contribution in [2.45, 2.75) is 45.4 Å². The molecule has 4 aliphatic carbocycles. The Morgan fingerprint density at radius 1 is 0.868 bits per heavy atom. The Morgan fingerprint density at radius 3 is 2.29 bits per heavy atom. The smallest absolute Gasteiger partial charge is 0.255 e. The van der Waals surface area contributed by atoms with Gasteiger partial charge in [-0.25, -0.2) is 4.98 Å². The summed E-state index contributed by atoms with van der Waals surface area (Å²) in [6, 6.07) is 22.7. The second kappa shape index (κ2) is 8.55. The van der Waals surface area contributed by atoms with E-state index in [4.69, 9.17) is 4.98 Å². The summed E-state index contributed by atoms with van der Waals surface area (Å²) in [7, 11) is 0. The first-order valence-electron chi connectivity index (χ1n) is 13.6. The van der Waals surface area contributed by atoms with Gasteiger partial charge in [0, 0.05) is 22.5 Å². The van der Waals surface area contributed by atoms with E-state index in [0.29, 0.717) is 16.7 Å². The third-order valence-corrected chi connectivity index (χ3v) is 9.03. The van der Waals surface area contributed by atoms with Crippen molar-refractivity contribution in [3.8, 4) is 11.4 Å². The van der Waals surface area contributed by atoms with Crippen LogP contribution < -0.4 is 10.6 Å². The van der Waals surface area contributed by atoms with Gasteiger partial charge in [-0.15, -0.1) is 0 Å². The van der Waals surface area contributed by atoms with E-state index >= 15 is 0 Å². The molecule has 2 amide bonds. The lowest BCUT2D eigenvalue weighted by Gasteiger charge is -2.60. The Morgan fingerprint density at radius 2 is 1.58 bits per heavy atom. The fourth-order valence-electron chi connectivity index (χ4n) is 7.98. The maximum atomic E-state index is 13.5. The molecule has 38 heavy (non-hydrogen) atoms. The number of hydrogen-bond acceptors (Lipinski definition) is 3. The average Bonchev–Trinajstić information content (AvgIpc) is 3.32. The molecule has 0 saturated heterocycles. The number of benzene rings is 3. The van der Waals surface area contributed by atoms with Crippen LogP contribution in [0.3, 0.4) is 0 Å². The highest BCUT2D eigenvalue weighted by atomic mass is 16.2. The Bertz CT molecular complexity index is 1520. The summed E-state index contributed by atoms with van der Waals surface area (Å²) in [6.07, 6.45) is 7.05. The zero-order valence-electron chi connectivity index (χ0n) is 21.6. The standard InChI is InChI=1S/C32H32N4O2/c1-31-15-20-13-21(16-31)18-32(17-20,19-31)30(38)34-24-9-7-22(8-10-24)28-35-26-12-11-25(14-27(26)36-28)33-29(37)23-5-3-2-4-6-23/h2-12,14,20-21H,13,15-19H2,1H3,(H,33,37)(H,34,38)(H,35,36). The molecule has 6 nitrogen and oxygen atoms in total. The Hall–Kier alpha value is -3.93. The number of H-pyrrole nitrogens is 1. The van der Waals surface area contributed by atoms with Crippen LogP contribution >= 0.6 is 0 Å². The molecule has 4 aromatic rings. The minimum Gasteiger partial charge on any atom is -0.338 e. The van der Waals surface area contributed by atoms with Crippen LogP contribution in [-0.2, 0) is 4.79 Å². The van der Waals surface area contributed by atoms with Gasteiger partial charge in [0.2, 0.25) is 5.91 Å². The minimum absolute atomic E-state index is 0.148. The molecule has 4 aliphatic rings. The summed E-state index contributed by atoms with van der Waals surface area (Å²) in [5.41, 5.74) is 4.92. The van der Waals surface area contributed by atoms with E-state index in [0.717, 1.165) is 59.2 Å². The SMILES string of the molecule is CC12CC3CC(C1)CC(C(=O)Nc1ccc(-c4nc5ccc(NC(=O)c6ccccc6)cc5[nH]4)cc1)(C3)C2. The molecule has 3 aromatic carbocycles. The number of rotatable bonds is 5. The highest BCUT2D eigenvalue weighted by Crippen LogP contribution is 2.65. The molecule has 192 valence electrons. The number of nitrogens with zero attached hydrogens (tertiary/aromatic N) is 1. The van der Waals surface area contributed by atoms with Crippen LogP contribution in [0.5, 0.6) is 0 Å². The van der Waals surface area contributed by atoms with Crippen LogP contribution in [0, 0.1) is 22.7 Å². The van der Waals surface area contributed by atoms with E-state index in [1.165, 1.54) is 19.3 Å². The lowest BCUT2D eigenvalue weighted by Crippen LogP contribution is -2.55. The molecule has 2 unspecified atom stereocenters. The molecule has 4 saturated carbocycles. The number of nitrogens with one attached hydrogen (secondary N) is 3. The van der Waals surface area contributed by atoms with Crippen LogP contribution in [0.25, 0.3) is 22.4 Å². The molecule has 0 radical (unpaired) electrons. The number of aromatic amines is 1. The Kier molecular flexibility index (Phi) is 5.22. The van der Waals surface area contributed by atoms with Crippen molar-refractivity contribution in [3.05, 3.63) is 78.4 Å². The largest absolute Gasteiger partial charge is 0.338 e. The third kappa shape index (κ3) is 4.08. The predicted octanol–water partition coefficient (Wildman–Crippen LogP) is 7.03. The van der Waals surface area contributed by atoms with E-state index < -0.39 is 0 Å². The fourth-order valence-corrected chi connectivity index (χ4v) is 7.98. The average molecular weight is 505 g/mol. The number of carbonyl (C=O) groups excluding carboxylic acids is 2. The zero-order valence-corrected chi connectivity index (χ0v) is 21.6. The molecular formula is C32H32N4O2. The van der Waals surface area contributed by atoms with Gasteiger partial charge in [-0.3, -0.25) is 9.59 Å². The van der Waals surface area contributed by atoms with E-state index in [-0.39, 0.29) is 17.2 Å². The van der Waals surface area contributed by atoms with Gasteiger partial charge in [0.25, 0.3) is 5.91 Å². The van der Waals surface area contributed by atoms with Crippen molar-refractivity contribution >= 4 is 34.2 Å². The lowest BCUT2D eigenvalue weighted by molar-refractivity contribution is -0.149. The van der Waals surface area contributed by atoms with Crippen LogP contribution in [0.15, 0.2) is 72.8 Å². The van der Waals surface area contributed by atoms with E-state index in [1.807, 2.05) is 60.7 Å². The van der Waals surface area contributed by atoms with Gasteiger partial charge < -0.3 is 15.6 Å². The van der Waals surface area contributed by atoms with Crippen molar-refractivity contribution in [3.63, 3.8) is 0 Å². The number of imidazole rings is 1. The number of aromatic nitrogens is 2. The van der Waals surface area contributed by atoms with Gasteiger partial charge in [0.15, 0.2) is 0 Å². The molecule has 1 heterocycles. The van der Waals surface area contributed by atoms with Gasteiger partial charge in [-0.1, -0.05) is 25.1 Å². The van der Waals surface area contributed by atoms with Crippen molar-refractivity contribution < 1.29 is 9.59 Å². The summed E-state index contributed by atoms with van der Waals surface area (Å²) in [5.74, 6) is 2.24. The summed E-state index contributed by atoms with van der Waals surface area (Å²) in [4.78, 5) is 34.1. The molecule has 1 aromatic heterocycles. The van der Waals surface area contributed by atoms with E-state index in [2.05, 4.69) is 22.5 Å². The van der Waals surface area contributed by atoms with Crippen LogP contribution in [0.1, 0.15) is 55.8 Å². The van der Waals surface area contributed by atoms with Crippen molar-refractivity contribution in [1.29, 1.82) is 0 Å². The fraction of sp³-hybridized carbons (Fsp3) is 0.344. The second-order valence-electron chi connectivity index (χ2n) is 12.2. The van der Waals surface area contributed by atoms with E-state index in [9.17, 15) is 9.59 Å². The van der Waals surface area contributed by atoms with Gasteiger partial charge in [-0.05, 0) is 110 Å². The first-order chi connectivity index (χ1) is 18.4. The number of anilines is 2. The number of hydrogen-bond donors (Lipinski definition) is 3. The lowest BCUT2D eigenvalue weighted by atomic mass is 9.44. The van der Waals surface area contributed by atoms with Crippen LogP contribution in [0.4, 0.5) is 11.4 Å². The van der Waals surface area contributed by atoms with Crippen molar-refractivity contribution in [2.24, 2.45) is 22.7 Å². The molecule has 8 rings (SSSR count). The van der Waals surface area contributed by atoms with Gasteiger partial charge in [0.05, 0.1) is 16.4 Å². The van der Waals surface area contributed by atoms with Crippen molar-refractivity contribution in [2.75, 3.05) is 10.6 Å². The predicted molar refractivity (Wildman–Crippen MR) is 150 cm³/mol. The maximum Gasteiger partial charge on any atom is 0.255 e. The summed E-state index contributed by atoms with van der Waals surface area (Å²) < 4.78 is 0. The monoisotopic (exact) mass is 504 g/mol. The summed E-state index contributed by atoms with van der Waals surface area (Å²) in [5, 5.41) is 6.20. The second-order valence-corrected chi connectivity index (χ2v) is 12.2. The van der Waals surface area contributed by atoms with Gasteiger partial charge >= 0.3 is 0 Å². The van der Waals surface area contributed by atoms with Crippen LogP contribution in [-0.4, -0.2) is 21.8 Å². The third-order valence-electron chi connectivity index (χ3n) is 9.03. The van der Waals surface area contributed by atoms with Gasteiger partial charge in [0.1, 0.15) is 5.82 Å². The van der Waals surface area contributed by atoms with E-state index in [1.54, 1.807) is 12.1 Å². The van der Waals surface area contributed by atoms with Gasteiger partial charge in [-0.2, -0.15) is 0 Å². The molecule has 4 fully saturated rings. The topological polar surface area (TPSA) is 86.9 Å². The molecule has 4 bridgehead atoms. The summed E-state index contributed by atoms with van der Waals surface area (Å²) >= 11 is 0. The number of carbonyl (C=O) groups is 2. The normalized spacial score (nSPS) is 27.4. The Balaban J connectivity index is 1.06. The highest BCUT2D eigenvalue weighted by molar-refractivity contribution is 6.05. The molecule has 6 heteroatoms. The quantitative estimate of drug-likeness (QED) is 0.273.